The van der Waals surface area contributed by atoms with Crippen LogP contribution in [0.1, 0.15) is 11.1 Å². The summed E-state index contributed by atoms with van der Waals surface area (Å²) in [7, 11) is 0. The average Bonchev–Trinajstić information content (AvgIpc) is 2.47. The molecule has 2 rings (SSSR count). The van der Waals surface area contributed by atoms with Gasteiger partial charge in [0.25, 0.3) is 0 Å². The van der Waals surface area contributed by atoms with Gasteiger partial charge in [-0.25, -0.2) is 10.8 Å². The van der Waals surface area contributed by atoms with Crippen molar-refractivity contribution in [3.05, 3.63) is 23.3 Å². The fraction of sp³-hybridized carbons (Fsp3) is 0.222. The third-order valence-electron chi connectivity index (χ3n) is 1.95. The highest BCUT2D eigenvalue weighted by atomic mass is 32.1. The van der Waals surface area contributed by atoms with Crippen LogP contribution in [0.4, 0.5) is 5.13 Å². The average molecular weight is 193 g/mol. The quantitative estimate of drug-likeness (QED) is 0.539. The van der Waals surface area contributed by atoms with E-state index in [0.29, 0.717) is 0 Å². The van der Waals surface area contributed by atoms with Gasteiger partial charge in [0.1, 0.15) is 0 Å². The predicted octanol–water partition coefficient (Wildman–Crippen LogP) is 2.20. The molecule has 0 saturated carbocycles. The smallest absolute Gasteiger partial charge is 0.198 e. The maximum absolute atomic E-state index is 5.30. The summed E-state index contributed by atoms with van der Waals surface area (Å²) in [6.07, 6.45) is 0. The van der Waals surface area contributed by atoms with Gasteiger partial charge in [-0.15, -0.1) is 0 Å². The lowest BCUT2D eigenvalue weighted by Crippen LogP contribution is -2.05. The van der Waals surface area contributed by atoms with Crippen LogP contribution in [-0.2, 0) is 0 Å². The molecule has 3 N–H and O–H groups in total. The molecule has 68 valence electrons. The lowest BCUT2D eigenvalue weighted by molar-refractivity contribution is 1.30. The summed E-state index contributed by atoms with van der Waals surface area (Å²) in [5.74, 6) is 5.30. The number of benzene rings is 1. The van der Waals surface area contributed by atoms with Crippen molar-refractivity contribution >= 4 is 26.7 Å². The molecule has 0 unspecified atom stereocenters. The molecule has 0 fully saturated rings. The third-order valence-corrected chi connectivity index (χ3v) is 2.89. The van der Waals surface area contributed by atoms with Crippen molar-refractivity contribution < 1.29 is 0 Å². The minimum Gasteiger partial charge on any atom is -0.300 e. The molecule has 0 saturated heterocycles. The zero-order chi connectivity index (χ0) is 9.42. The Morgan fingerprint density at radius 1 is 1.38 bits per heavy atom. The minimum atomic E-state index is 0.767. The molecule has 0 atom stereocenters. The van der Waals surface area contributed by atoms with E-state index in [-0.39, 0.29) is 0 Å². The van der Waals surface area contributed by atoms with Crippen molar-refractivity contribution in [1.29, 1.82) is 0 Å². The van der Waals surface area contributed by atoms with Crippen LogP contribution in [-0.4, -0.2) is 4.98 Å². The van der Waals surface area contributed by atoms with Crippen LogP contribution in [0.15, 0.2) is 12.1 Å². The molecule has 1 aromatic carbocycles. The van der Waals surface area contributed by atoms with E-state index >= 15 is 0 Å². The molecule has 0 bridgehead atoms. The second kappa shape index (κ2) is 2.97. The van der Waals surface area contributed by atoms with E-state index in [4.69, 9.17) is 5.84 Å². The molecule has 1 aromatic heterocycles. The number of hydrogen-bond acceptors (Lipinski definition) is 4. The molecule has 2 aromatic rings. The number of nitrogens with one attached hydrogen (secondary N) is 1. The topological polar surface area (TPSA) is 50.9 Å². The summed E-state index contributed by atoms with van der Waals surface area (Å²) in [6.45, 7) is 4.15. The van der Waals surface area contributed by atoms with Gasteiger partial charge in [-0.2, -0.15) is 0 Å². The van der Waals surface area contributed by atoms with Crippen LogP contribution in [0.2, 0.25) is 0 Å². The number of hydrazine groups is 1. The Labute approximate surface area is 80.6 Å². The van der Waals surface area contributed by atoms with Crippen LogP contribution >= 0.6 is 11.3 Å². The van der Waals surface area contributed by atoms with Gasteiger partial charge < -0.3 is 0 Å². The van der Waals surface area contributed by atoms with E-state index in [1.165, 1.54) is 15.8 Å². The molecule has 0 aliphatic rings. The first-order valence-electron chi connectivity index (χ1n) is 4.05. The zero-order valence-electron chi connectivity index (χ0n) is 7.59. The van der Waals surface area contributed by atoms with Gasteiger partial charge in [0, 0.05) is 0 Å². The summed E-state index contributed by atoms with van der Waals surface area (Å²) in [5, 5.41) is 0.767. The van der Waals surface area contributed by atoms with Gasteiger partial charge in [0.15, 0.2) is 5.13 Å². The van der Waals surface area contributed by atoms with E-state index < -0.39 is 0 Å². The number of nitrogens with zero attached hydrogens (tertiary/aromatic N) is 1. The van der Waals surface area contributed by atoms with Crippen molar-refractivity contribution in [2.24, 2.45) is 5.84 Å². The number of aromatic nitrogens is 1. The Hall–Kier alpha value is -1.13. The normalized spacial score (nSPS) is 10.7. The first-order valence-corrected chi connectivity index (χ1v) is 4.87. The zero-order valence-corrected chi connectivity index (χ0v) is 8.40. The molecule has 0 aliphatic carbocycles. The molecular weight excluding hydrogens is 182 g/mol. The summed E-state index contributed by atoms with van der Waals surface area (Å²) in [6, 6.07) is 4.25. The number of aryl methyl sites for hydroxylation is 2. The largest absolute Gasteiger partial charge is 0.300 e. The molecule has 0 aliphatic heterocycles. The van der Waals surface area contributed by atoms with Crippen LogP contribution in [0.5, 0.6) is 0 Å². The van der Waals surface area contributed by atoms with E-state index in [1.807, 2.05) is 0 Å². The van der Waals surface area contributed by atoms with E-state index in [9.17, 15) is 0 Å². The SMILES string of the molecule is Cc1cc(C)c2nc(NN)sc2c1. The highest BCUT2D eigenvalue weighted by molar-refractivity contribution is 7.22. The van der Waals surface area contributed by atoms with Gasteiger partial charge >= 0.3 is 0 Å². The molecule has 0 amide bonds. The fourth-order valence-corrected chi connectivity index (χ4v) is 2.38. The second-order valence-corrected chi connectivity index (χ2v) is 4.12. The number of hydrogen-bond donors (Lipinski definition) is 2. The Bertz CT molecular complexity index is 447. The van der Waals surface area contributed by atoms with Crippen LogP contribution in [0, 0.1) is 13.8 Å². The van der Waals surface area contributed by atoms with Crippen molar-refractivity contribution in [3.63, 3.8) is 0 Å². The predicted molar refractivity (Wildman–Crippen MR) is 56.9 cm³/mol. The van der Waals surface area contributed by atoms with Crippen LogP contribution < -0.4 is 11.3 Å². The maximum atomic E-state index is 5.30. The Balaban J connectivity index is 2.75. The number of anilines is 1. The molecule has 13 heavy (non-hydrogen) atoms. The summed E-state index contributed by atoms with van der Waals surface area (Å²) < 4.78 is 1.19. The van der Waals surface area contributed by atoms with Gasteiger partial charge in [0.05, 0.1) is 10.2 Å². The molecular formula is C9H11N3S. The second-order valence-electron chi connectivity index (χ2n) is 3.09. The Morgan fingerprint density at radius 2 is 2.15 bits per heavy atom. The third kappa shape index (κ3) is 1.38. The van der Waals surface area contributed by atoms with Crippen molar-refractivity contribution in [2.45, 2.75) is 13.8 Å². The highest BCUT2D eigenvalue weighted by Gasteiger charge is 2.05. The standard InChI is InChI=1S/C9H11N3S/c1-5-3-6(2)8-7(4-5)13-9(11-8)12-10/h3-4H,10H2,1-2H3,(H,11,12). The lowest BCUT2D eigenvalue weighted by atomic mass is 10.1. The molecule has 3 nitrogen and oxygen atoms in total. The minimum absolute atomic E-state index is 0.767. The van der Waals surface area contributed by atoms with Gasteiger partial charge in [-0.1, -0.05) is 17.4 Å². The van der Waals surface area contributed by atoms with E-state index in [0.717, 1.165) is 10.6 Å². The summed E-state index contributed by atoms with van der Waals surface area (Å²) in [4.78, 5) is 4.35. The van der Waals surface area contributed by atoms with Gasteiger partial charge in [-0.05, 0) is 31.0 Å². The number of rotatable bonds is 1. The van der Waals surface area contributed by atoms with Crippen molar-refractivity contribution in [3.8, 4) is 0 Å². The first-order chi connectivity index (χ1) is 6.20. The summed E-state index contributed by atoms with van der Waals surface area (Å²) in [5.41, 5.74) is 6.08. The van der Waals surface area contributed by atoms with Crippen molar-refractivity contribution in [1.82, 2.24) is 4.98 Å². The fourth-order valence-electron chi connectivity index (χ4n) is 1.43. The van der Waals surface area contributed by atoms with Crippen molar-refractivity contribution in [2.75, 3.05) is 5.43 Å². The molecule has 0 radical (unpaired) electrons. The Kier molecular flexibility index (Phi) is 1.94. The Morgan fingerprint density at radius 3 is 2.85 bits per heavy atom. The number of fused-ring (bicyclic) bond motifs is 1. The van der Waals surface area contributed by atoms with Gasteiger partial charge in [-0.3, -0.25) is 5.43 Å². The highest BCUT2D eigenvalue weighted by Crippen LogP contribution is 2.28. The molecule has 4 heteroatoms. The molecule has 1 heterocycles. The summed E-state index contributed by atoms with van der Waals surface area (Å²) >= 11 is 1.58. The lowest BCUT2D eigenvalue weighted by Gasteiger charge is -1.95. The maximum Gasteiger partial charge on any atom is 0.198 e. The number of nitrogen functional groups attached to an aromatic ring is 1. The van der Waals surface area contributed by atoms with E-state index in [2.05, 4.69) is 36.4 Å². The number of thiazole rings is 1. The number of nitrogens with two attached hydrogens (primary N) is 1. The van der Waals surface area contributed by atoms with Crippen LogP contribution in [0.3, 0.4) is 0 Å². The first kappa shape index (κ1) is 8.47. The monoisotopic (exact) mass is 193 g/mol. The van der Waals surface area contributed by atoms with Gasteiger partial charge in [0.2, 0.25) is 0 Å². The van der Waals surface area contributed by atoms with Crippen LogP contribution in [0.25, 0.3) is 10.2 Å². The van der Waals surface area contributed by atoms with E-state index in [1.54, 1.807) is 11.3 Å². The molecule has 0 spiro atoms.